The quantitative estimate of drug-likeness (QED) is 0.794. The van der Waals surface area contributed by atoms with Gasteiger partial charge in [-0.15, -0.1) is 0 Å². The predicted molar refractivity (Wildman–Crippen MR) is 76.9 cm³/mol. The van der Waals surface area contributed by atoms with Crippen molar-refractivity contribution >= 4 is 11.6 Å². The molecule has 1 amide bonds. The molecule has 94 valence electrons. The van der Waals surface area contributed by atoms with Gasteiger partial charge in [0.05, 0.1) is 6.04 Å². The standard InChI is InChI=1S/C17H15NO/c19-17-13-7-12-16(14-8-3-1-4-9-14)18(17)15-10-5-2-6-11-15/h1-11,13,16H,12H2. The Bertz CT molecular complexity index is 589. The zero-order valence-electron chi connectivity index (χ0n) is 10.6. The van der Waals surface area contributed by atoms with Crippen LogP contribution in [0.3, 0.4) is 0 Å². The van der Waals surface area contributed by atoms with Crippen molar-refractivity contribution in [3.8, 4) is 0 Å². The largest absolute Gasteiger partial charge is 0.301 e. The average Bonchev–Trinajstić information content (AvgIpc) is 2.49. The number of nitrogens with zero attached hydrogens (tertiary/aromatic N) is 1. The summed E-state index contributed by atoms with van der Waals surface area (Å²) >= 11 is 0. The number of carbonyl (C=O) groups is 1. The Labute approximate surface area is 113 Å². The average molecular weight is 249 g/mol. The highest BCUT2D eigenvalue weighted by Gasteiger charge is 2.27. The number of para-hydroxylation sites is 1. The Kier molecular flexibility index (Phi) is 3.15. The van der Waals surface area contributed by atoms with Crippen LogP contribution in [0.4, 0.5) is 5.69 Å². The summed E-state index contributed by atoms with van der Waals surface area (Å²) < 4.78 is 0. The fraction of sp³-hybridized carbons (Fsp3) is 0.118. The molecule has 1 heterocycles. The third-order valence-electron chi connectivity index (χ3n) is 3.39. The van der Waals surface area contributed by atoms with Crippen molar-refractivity contribution in [2.45, 2.75) is 12.5 Å². The smallest absolute Gasteiger partial charge is 0.251 e. The molecular formula is C17H15NO. The minimum atomic E-state index is 0.0475. The Morgan fingerprint density at radius 3 is 2.21 bits per heavy atom. The van der Waals surface area contributed by atoms with Gasteiger partial charge in [0.1, 0.15) is 0 Å². The third kappa shape index (κ3) is 2.29. The highest BCUT2D eigenvalue weighted by atomic mass is 16.2. The van der Waals surface area contributed by atoms with Crippen LogP contribution in [-0.2, 0) is 4.79 Å². The summed E-state index contributed by atoms with van der Waals surface area (Å²) in [4.78, 5) is 14.1. The molecule has 0 spiro atoms. The van der Waals surface area contributed by atoms with Crippen LogP contribution in [-0.4, -0.2) is 5.91 Å². The molecule has 0 saturated carbocycles. The summed E-state index contributed by atoms with van der Waals surface area (Å²) in [6.07, 6.45) is 4.47. The summed E-state index contributed by atoms with van der Waals surface area (Å²) in [6.45, 7) is 0. The molecule has 2 aromatic carbocycles. The lowest BCUT2D eigenvalue weighted by Crippen LogP contribution is -2.35. The van der Waals surface area contributed by atoms with Crippen LogP contribution in [0.25, 0.3) is 0 Å². The van der Waals surface area contributed by atoms with Crippen molar-refractivity contribution in [2.75, 3.05) is 4.90 Å². The fourth-order valence-corrected chi connectivity index (χ4v) is 2.49. The van der Waals surface area contributed by atoms with Crippen LogP contribution in [0.15, 0.2) is 72.8 Å². The van der Waals surface area contributed by atoms with Crippen molar-refractivity contribution in [2.24, 2.45) is 0 Å². The molecule has 0 radical (unpaired) electrons. The molecule has 1 atom stereocenters. The molecule has 2 aromatic rings. The van der Waals surface area contributed by atoms with Gasteiger partial charge in [-0.25, -0.2) is 0 Å². The highest BCUT2D eigenvalue weighted by molar-refractivity contribution is 6.02. The van der Waals surface area contributed by atoms with Gasteiger partial charge in [0.25, 0.3) is 5.91 Å². The topological polar surface area (TPSA) is 20.3 Å². The van der Waals surface area contributed by atoms with E-state index in [-0.39, 0.29) is 11.9 Å². The van der Waals surface area contributed by atoms with E-state index in [0.717, 1.165) is 12.1 Å². The maximum Gasteiger partial charge on any atom is 0.251 e. The molecule has 0 aliphatic carbocycles. The Morgan fingerprint density at radius 2 is 1.53 bits per heavy atom. The van der Waals surface area contributed by atoms with Crippen LogP contribution in [0.5, 0.6) is 0 Å². The summed E-state index contributed by atoms with van der Waals surface area (Å²) in [5, 5.41) is 0. The SMILES string of the molecule is O=C1C=CCC(c2ccccc2)N1c1ccccc1. The van der Waals surface area contributed by atoms with Crippen molar-refractivity contribution in [3.05, 3.63) is 78.4 Å². The van der Waals surface area contributed by atoms with E-state index in [1.807, 2.05) is 59.5 Å². The van der Waals surface area contributed by atoms with Gasteiger partial charge >= 0.3 is 0 Å². The van der Waals surface area contributed by atoms with Gasteiger partial charge in [-0.2, -0.15) is 0 Å². The predicted octanol–water partition coefficient (Wildman–Crippen LogP) is 3.72. The maximum atomic E-state index is 12.2. The molecule has 0 saturated heterocycles. The fourth-order valence-electron chi connectivity index (χ4n) is 2.49. The maximum absolute atomic E-state index is 12.2. The third-order valence-corrected chi connectivity index (χ3v) is 3.39. The first-order valence-electron chi connectivity index (χ1n) is 6.46. The summed E-state index contributed by atoms with van der Waals surface area (Å²) in [5.74, 6) is 0.0475. The lowest BCUT2D eigenvalue weighted by Gasteiger charge is -2.33. The van der Waals surface area contributed by atoms with Gasteiger partial charge in [-0.3, -0.25) is 4.79 Å². The normalized spacial score (nSPS) is 18.6. The van der Waals surface area contributed by atoms with Gasteiger partial charge in [-0.05, 0) is 30.2 Å². The number of anilines is 1. The van der Waals surface area contributed by atoms with E-state index in [1.165, 1.54) is 5.56 Å². The number of hydrogen-bond donors (Lipinski definition) is 0. The van der Waals surface area contributed by atoms with Crippen molar-refractivity contribution in [3.63, 3.8) is 0 Å². The van der Waals surface area contributed by atoms with E-state index in [1.54, 1.807) is 6.08 Å². The molecule has 3 rings (SSSR count). The number of rotatable bonds is 2. The van der Waals surface area contributed by atoms with Crippen LogP contribution in [0, 0.1) is 0 Å². The van der Waals surface area contributed by atoms with Gasteiger partial charge < -0.3 is 4.90 Å². The lowest BCUT2D eigenvalue weighted by molar-refractivity contribution is -0.115. The number of hydrogen-bond acceptors (Lipinski definition) is 1. The van der Waals surface area contributed by atoms with Crippen molar-refractivity contribution in [1.82, 2.24) is 0 Å². The summed E-state index contributed by atoms with van der Waals surface area (Å²) in [6, 6.07) is 20.1. The lowest BCUT2D eigenvalue weighted by atomic mass is 9.98. The van der Waals surface area contributed by atoms with E-state index in [4.69, 9.17) is 0 Å². The monoisotopic (exact) mass is 249 g/mol. The molecule has 19 heavy (non-hydrogen) atoms. The van der Waals surface area contributed by atoms with E-state index >= 15 is 0 Å². The van der Waals surface area contributed by atoms with Crippen molar-refractivity contribution in [1.29, 1.82) is 0 Å². The molecule has 0 bridgehead atoms. The van der Waals surface area contributed by atoms with E-state index in [2.05, 4.69) is 12.1 Å². The first-order valence-corrected chi connectivity index (χ1v) is 6.46. The Morgan fingerprint density at radius 1 is 0.895 bits per heavy atom. The zero-order chi connectivity index (χ0) is 13.1. The molecule has 1 aliphatic heterocycles. The molecule has 2 heteroatoms. The second-order valence-corrected chi connectivity index (χ2v) is 4.61. The van der Waals surface area contributed by atoms with Crippen molar-refractivity contribution < 1.29 is 4.79 Å². The van der Waals surface area contributed by atoms with E-state index < -0.39 is 0 Å². The Balaban J connectivity index is 2.03. The van der Waals surface area contributed by atoms with Gasteiger partial charge in [0.2, 0.25) is 0 Å². The van der Waals surface area contributed by atoms with Crippen LogP contribution in [0.2, 0.25) is 0 Å². The highest BCUT2D eigenvalue weighted by Crippen LogP contribution is 2.32. The molecule has 1 aliphatic rings. The molecule has 0 aromatic heterocycles. The number of amides is 1. The number of benzene rings is 2. The number of carbonyl (C=O) groups excluding carboxylic acids is 1. The second kappa shape index (κ2) is 5.11. The van der Waals surface area contributed by atoms with E-state index in [9.17, 15) is 4.79 Å². The first kappa shape index (κ1) is 11.7. The minimum absolute atomic E-state index is 0.0475. The van der Waals surface area contributed by atoms with Crippen LogP contribution >= 0.6 is 0 Å². The zero-order valence-corrected chi connectivity index (χ0v) is 10.6. The second-order valence-electron chi connectivity index (χ2n) is 4.61. The van der Waals surface area contributed by atoms with Crippen LogP contribution in [0.1, 0.15) is 18.0 Å². The van der Waals surface area contributed by atoms with Gasteiger partial charge in [0, 0.05) is 5.69 Å². The first-order chi connectivity index (χ1) is 9.36. The Hall–Kier alpha value is -2.35. The molecule has 2 nitrogen and oxygen atoms in total. The summed E-state index contributed by atoms with van der Waals surface area (Å²) in [5.41, 5.74) is 2.12. The molecular weight excluding hydrogens is 234 g/mol. The minimum Gasteiger partial charge on any atom is -0.301 e. The van der Waals surface area contributed by atoms with E-state index in [0.29, 0.717) is 0 Å². The molecule has 0 fully saturated rings. The molecule has 1 unspecified atom stereocenters. The molecule has 0 N–H and O–H groups in total. The van der Waals surface area contributed by atoms with Gasteiger partial charge in [-0.1, -0.05) is 54.6 Å². The summed E-state index contributed by atoms with van der Waals surface area (Å²) in [7, 11) is 0. The van der Waals surface area contributed by atoms with Crippen LogP contribution < -0.4 is 4.90 Å². The van der Waals surface area contributed by atoms with Gasteiger partial charge in [0.15, 0.2) is 0 Å².